The van der Waals surface area contributed by atoms with E-state index in [1.807, 2.05) is 13.8 Å². The Morgan fingerprint density at radius 2 is 2.10 bits per heavy atom. The van der Waals surface area contributed by atoms with Crippen molar-refractivity contribution in [3.8, 4) is 0 Å². The highest BCUT2D eigenvalue weighted by Crippen LogP contribution is 2.17. The molecule has 0 saturated heterocycles. The molecule has 0 aliphatic carbocycles. The van der Waals surface area contributed by atoms with Gasteiger partial charge in [0.2, 0.25) is 0 Å². The summed E-state index contributed by atoms with van der Waals surface area (Å²) in [5.41, 5.74) is -0.769. The van der Waals surface area contributed by atoms with E-state index in [1.54, 1.807) is 6.92 Å². The summed E-state index contributed by atoms with van der Waals surface area (Å²) in [4.78, 5) is 11.8. The quantitative estimate of drug-likeness (QED) is 0.778. The molecule has 0 fully saturated rings. The van der Waals surface area contributed by atoms with Gasteiger partial charge in [0.05, 0.1) is 21.3 Å². The van der Waals surface area contributed by atoms with E-state index < -0.39 is 28.2 Å². The van der Waals surface area contributed by atoms with E-state index in [9.17, 15) is 18.5 Å². The van der Waals surface area contributed by atoms with Crippen molar-refractivity contribution in [2.24, 2.45) is 5.92 Å². The summed E-state index contributed by atoms with van der Waals surface area (Å²) in [5, 5.41) is 15.0. The first-order chi connectivity index (χ1) is 9.63. The molecular weight excluding hydrogens is 295 g/mol. The van der Waals surface area contributed by atoms with Gasteiger partial charge in [-0.05, 0) is 31.0 Å². The Morgan fingerprint density at radius 3 is 2.57 bits per heavy atom. The first-order valence-electron chi connectivity index (χ1n) is 6.53. The maximum Gasteiger partial charge on any atom is 0.319 e. The van der Waals surface area contributed by atoms with Crippen molar-refractivity contribution in [3.05, 3.63) is 24.0 Å². The molecule has 0 aromatic heterocycles. The Bertz CT molecular complexity index is 547. The monoisotopic (exact) mass is 316 g/mol. The van der Waals surface area contributed by atoms with E-state index in [1.165, 1.54) is 18.4 Å². The van der Waals surface area contributed by atoms with Crippen molar-refractivity contribution >= 4 is 22.5 Å². The lowest BCUT2D eigenvalue weighted by molar-refractivity contribution is 0.0170. The van der Waals surface area contributed by atoms with Gasteiger partial charge in [0, 0.05) is 18.5 Å². The fraction of sp³-hybridized carbons (Fsp3) is 0.500. The van der Waals surface area contributed by atoms with Crippen LogP contribution in [0.3, 0.4) is 0 Å². The maximum absolute atomic E-state index is 13.6. The zero-order valence-corrected chi connectivity index (χ0v) is 13.4. The van der Waals surface area contributed by atoms with Crippen LogP contribution in [0.2, 0.25) is 0 Å². The third kappa shape index (κ3) is 5.09. The van der Waals surface area contributed by atoms with Gasteiger partial charge in [-0.1, -0.05) is 13.8 Å². The normalized spacial score (nSPS) is 15.4. The van der Waals surface area contributed by atoms with Gasteiger partial charge in [-0.3, -0.25) is 4.21 Å². The average Bonchev–Trinajstić information content (AvgIpc) is 2.36. The molecule has 118 valence electrons. The molecule has 0 aliphatic heterocycles. The largest absolute Gasteiger partial charge is 0.388 e. The standard InChI is InChI=1S/C14H21FN2O3S/c1-9(2)14(3,19)8-16-13(18)17-10-5-6-12(21(4)20)11(15)7-10/h5-7,9,19H,8H2,1-4H3,(H2,16,17,18). The minimum Gasteiger partial charge on any atom is -0.388 e. The summed E-state index contributed by atoms with van der Waals surface area (Å²) in [6.07, 6.45) is 1.38. The van der Waals surface area contributed by atoms with Gasteiger partial charge in [-0.2, -0.15) is 0 Å². The van der Waals surface area contributed by atoms with Crippen molar-refractivity contribution < 1.29 is 18.5 Å². The fourth-order valence-electron chi connectivity index (χ4n) is 1.45. The van der Waals surface area contributed by atoms with Crippen LogP contribution < -0.4 is 10.6 Å². The smallest absolute Gasteiger partial charge is 0.319 e. The maximum atomic E-state index is 13.6. The first-order valence-corrected chi connectivity index (χ1v) is 8.09. The van der Waals surface area contributed by atoms with Crippen LogP contribution in [-0.2, 0) is 10.8 Å². The number of rotatable bonds is 5. The highest BCUT2D eigenvalue weighted by Gasteiger charge is 2.25. The molecule has 0 spiro atoms. The minimum absolute atomic E-state index is 0.0194. The van der Waals surface area contributed by atoms with E-state index in [0.29, 0.717) is 0 Å². The highest BCUT2D eigenvalue weighted by molar-refractivity contribution is 7.84. The van der Waals surface area contributed by atoms with Crippen LogP contribution in [0.4, 0.5) is 14.9 Å². The van der Waals surface area contributed by atoms with Crippen LogP contribution in [0.25, 0.3) is 0 Å². The molecule has 0 saturated carbocycles. The van der Waals surface area contributed by atoms with Crippen LogP contribution in [0.5, 0.6) is 0 Å². The second kappa shape index (κ2) is 7.00. The third-order valence-electron chi connectivity index (χ3n) is 3.35. The number of anilines is 1. The van der Waals surface area contributed by atoms with Gasteiger partial charge in [0.25, 0.3) is 0 Å². The number of aliphatic hydroxyl groups is 1. The lowest BCUT2D eigenvalue weighted by Crippen LogP contribution is -2.45. The van der Waals surface area contributed by atoms with Crippen LogP contribution in [0.1, 0.15) is 20.8 Å². The number of amides is 2. The molecular formula is C14H21FN2O3S. The lowest BCUT2D eigenvalue weighted by atomic mass is 9.93. The predicted octanol–water partition coefficient (Wildman–Crippen LogP) is 2.09. The van der Waals surface area contributed by atoms with Gasteiger partial charge < -0.3 is 15.7 Å². The number of hydrogen-bond acceptors (Lipinski definition) is 3. The van der Waals surface area contributed by atoms with Crippen molar-refractivity contribution in [3.63, 3.8) is 0 Å². The molecule has 2 unspecified atom stereocenters. The van der Waals surface area contributed by atoms with Gasteiger partial charge in [-0.25, -0.2) is 9.18 Å². The number of carbonyl (C=O) groups is 1. The Hall–Kier alpha value is -1.47. The fourth-order valence-corrected chi connectivity index (χ4v) is 2.04. The van der Waals surface area contributed by atoms with E-state index in [-0.39, 0.29) is 23.0 Å². The van der Waals surface area contributed by atoms with Crippen molar-refractivity contribution in [1.29, 1.82) is 0 Å². The molecule has 2 amide bonds. The van der Waals surface area contributed by atoms with E-state index >= 15 is 0 Å². The zero-order valence-electron chi connectivity index (χ0n) is 12.6. The topological polar surface area (TPSA) is 78.4 Å². The number of hydrogen-bond donors (Lipinski definition) is 3. The Morgan fingerprint density at radius 1 is 1.48 bits per heavy atom. The summed E-state index contributed by atoms with van der Waals surface area (Å²) in [6.45, 7) is 5.40. The predicted molar refractivity (Wildman–Crippen MR) is 81.2 cm³/mol. The second-order valence-corrected chi connectivity index (χ2v) is 6.77. The molecule has 1 aromatic rings. The van der Waals surface area contributed by atoms with Gasteiger partial charge in [0.15, 0.2) is 0 Å². The zero-order chi connectivity index (χ0) is 16.2. The van der Waals surface area contributed by atoms with Crippen molar-refractivity contribution in [2.45, 2.75) is 31.3 Å². The van der Waals surface area contributed by atoms with E-state index in [4.69, 9.17) is 0 Å². The first kappa shape index (κ1) is 17.6. The molecule has 21 heavy (non-hydrogen) atoms. The van der Waals surface area contributed by atoms with Gasteiger partial charge >= 0.3 is 6.03 Å². The second-order valence-electron chi connectivity index (χ2n) is 5.42. The van der Waals surface area contributed by atoms with Crippen molar-refractivity contribution in [2.75, 3.05) is 18.1 Å². The average molecular weight is 316 g/mol. The summed E-state index contributed by atoms with van der Waals surface area (Å²) < 4.78 is 24.8. The summed E-state index contributed by atoms with van der Waals surface area (Å²) in [6, 6.07) is 3.41. The highest BCUT2D eigenvalue weighted by atomic mass is 32.2. The third-order valence-corrected chi connectivity index (χ3v) is 4.30. The van der Waals surface area contributed by atoms with E-state index in [0.717, 1.165) is 6.07 Å². The van der Waals surface area contributed by atoms with E-state index in [2.05, 4.69) is 10.6 Å². The molecule has 1 rings (SSSR count). The van der Waals surface area contributed by atoms with Crippen LogP contribution in [-0.4, -0.2) is 33.7 Å². The molecule has 2 atom stereocenters. The number of benzene rings is 1. The minimum atomic E-state index is -1.42. The van der Waals surface area contributed by atoms with Crippen LogP contribution in [0, 0.1) is 11.7 Å². The number of urea groups is 1. The Labute approximate surface area is 126 Å². The molecule has 1 aromatic carbocycles. The summed E-state index contributed by atoms with van der Waals surface area (Å²) >= 11 is 0. The molecule has 0 bridgehead atoms. The number of nitrogens with one attached hydrogen (secondary N) is 2. The Kier molecular flexibility index (Phi) is 5.86. The van der Waals surface area contributed by atoms with Gasteiger partial charge in [-0.15, -0.1) is 0 Å². The molecule has 5 nitrogen and oxygen atoms in total. The molecule has 7 heteroatoms. The molecule has 3 N–H and O–H groups in total. The van der Waals surface area contributed by atoms with Crippen LogP contribution >= 0.6 is 0 Å². The lowest BCUT2D eigenvalue weighted by Gasteiger charge is -2.27. The number of carbonyl (C=O) groups excluding carboxylic acids is 1. The SMILES string of the molecule is CC(C)C(C)(O)CNC(=O)Nc1ccc(S(C)=O)c(F)c1. The Balaban J connectivity index is 2.64. The van der Waals surface area contributed by atoms with Gasteiger partial charge in [0.1, 0.15) is 5.82 Å². The summed E-state index contributed by atoms with van der Waals surface area (Å²) in [5.74, 6) is -0.656. The molecule has 0 radical (unpaired) electrons. The summed E-state index contributed by atoms with van der Waals surface area (Å²) in [7, 11) is -1.42. The molecule has 0 heterocycles. The number of halogens is 1. The molecule has 0 aliphatic rings. The van der Waals surface area contributed by atoms with Crippen molar-refractivity contribution in [1.82, 2.24) is 5.32 Å². The van der Waals surface area contributed by atoms with Crippen LogP contribution in [0.15, 0.2) is 23.1 Å².